The van der Waals surface area contributed by atoms with E-state index in [0.717, 1.165) is 10.0 Å². The lowest BCUT2D eigenvalue weighted by Crippen LogP contribution is -2.13. The molecule has 5 nitrogen and oxygen atoms in total. The highest BCUT2D eigenvalue weighted by Gasteiger charge is 2.17. The van der Waals surface area contributed by atoms with Gasteiger partial charge in [-0.1, -0.05) is 15.9 Å². The number of nitrogens with two attached hydrogens (primary N) is 1. The molecule has 0 saturated heterocycles. The van der Waals surface area contributed by atoms with Crippen LogP contribution in [0.15, 0.2) is 45.9 Å². The van der Waals surface area contributed by atoms with Crippen molar-refractivity contribution >= 4 is 26.0 Å². The van der Waals surface area contributed by atoms with Crippen molar-refractivity contribution in [3.63, 3.8) is 0 Å². The lowest BCUT2D eigenvalue weighted by atomic mass is 10.2. The Hall–Kier alpha value is -1.44. The minimum absolute atomic E-state index is 0.0320. The van der Waals surface area contributed by atoms with E-state index in [1.807, 2.05) is 13.0 Å². The van der Waals surface area contributed by atoms with Crippen molar-refractivity contribution in [2.45, 2.75) is 11.8 Å². The summed E-state index contributed by atoms with van der Waals surface area (Å²) in [7, 11) is -3.87. The van der Waals surface area contributed by atoms with E-state index in [-0.39, 0.29) is 10.8 Å². The predicted molar refractivity (Wildman–Crippen MR) is 74.6 cm³/mol. The average molecular weight is 343 g/mol. The first kappa shape index (κ1) is 14.0. The molecule has 2 N–H and O–H groups in total. The van der Waals surface area contributed by atoms with Gasteiger partial charge in [-0.3, -0.25) is 0 Å². The number of primary sulfonamides is 1. The number of benzene rings is 1. The summed E-state index contributed by atoms with van der Waals surface area (Å²) in [6.45, 7) is 1.85. The summed E-state index contributed by atoms with van der Waals surface area (Å²) in [6.07, 6.45) is 1.44. The molecule has 0 unspecified atom stereocenters. The summed E-state index contributed by atoms with van der Waals surface area (Å²) in [5.41, 5.74) is 0.848. The zero-order valence-corrected chi connectivity index (χ0v) is 12.4. The minimum atomic E-state index is -3.87. The van der Waals surface area contributed by atoms with Gasteiger partial charge >= 0.3 is 0 Å². The van der Waals surface area contributed by atoms with E-state index in [4.69, 9.17) is 9.88 Å². The molecule has 0 amide bonds. The number of aryl methyl sites for hydroxylation is 1. The van der Waals surface area contributed by atoms with Gasteiger partial charge in [0.05, 0.1) is 0 Å². The molecule has 19 heavy (non-hydrogen) atoms. The van der Waals surface area contributed by atoms with Crippen molar-refractivity contribution in [2.24, 2.45) is 5.14 Å². The number of ether oxygens (including phenoxy) is 1. The summed E-state index contributed by atoms with van der Waals surface area (Å²) in [5, 5.41) is 5.12. The summed E-state index contributed by atoms with van der Waals surface area (Å²) < 4.78 is 29.3. The molecule has 0 spiro atoms. The molecule has 2 aromatic rings. The topological polar surface area (TPSA) is 82.3 Å². The van der Waals surface area contributed by atoms with Crippen LogP contribution in [0.2, 0.25) is 0 Å². The van der Waals surface area contributed by atoms with E-state index in [2.05, 4.69) is 20.9 Å². The average Bonchev–Trinajstić information content (AvgIpc) is 2.32. The van der Waals surface area contributed by atoms with Crippen LogP contribution < -0.4 is 9.88 Å². The van der Waals surface area contributed by atoms with Gasteiger partial charge in [0.15, 0.2) is 0 Å². The predicted octanol–water partition coefficient (Wildman–Crippen LogP) is 2.59. The highest BCUT2D eigenvalue weighted by atomic mass is 79.9. The maximum Gasteiger partial charge on any atom is 0.243 e. The van der Waals surface area contributed by atoms with Crippen LogP contribution in [-0.2, 0) is 10.0 Å². The molecule has 0 aliphatic rings. The standard InChI is InChI=1S/C12H11BrN2O3S/c1-8-7-9(13)4-5-10(8)18-12-11(19(14,16)17)3-2-6-15-12/h2-7H,1H3,(H2,14,16,17). The first-order chi connectivity index (χ1) is 8.88. The molecule has 0 bridgehead atoms. The molecule has 2 rings (SSSR count). The number of rotatable bonds is 3. The normalized spacial score (nSPS) is 11.3. The van der Waals surface area contributed by atoms with Crippen molar-refractivity contribution in [2.75, 3.05) is 0 Å². The van der Waals surface area contributed by atoms with Crippen LogP contribution in [0.3, 0.4) is 0 Å². The molecule has 0 aliphatic carbocycles. The van der Waals surface area contributed by atoms with E-state index in [9.17, 15) is 8.42 Å². The first-order valence-electron chi connectivity index (χ1n) is 5.30. The summed E-state index contributed by atoms with van der Waals surface area (Å²) in [4.78, 5) is 3.77. The highest BCUT2D eigenvalue weighted by Crippen LogP contribution is 2.29. The van der Waals surface area contributed by atoms with Crippen molar-refractivity contribution < 1.29 is 13.2 Å². The van der Waals surface area contributed by atoms with E-state index in [0.29, 0.717) is 5.75 Å². The fourth-order valence-corrected chi connectivity index (χ4v) is 2.58. The Kier molecular flexibility index (Phi) is 3.88. The molecule has 0 aliphatic heterocycles. The SMILES string of the molecule is Cc1cc(Br)ccc1Oc1ncccc1S(N)(=O)=O. The van der Waals surface area contributed by atoms with Gasteiger partial charge in [0.2, 0.25) is 15.9 Å². The Labute approximate surface area is 119 Å². The largest absolute Gasteiger partial charge is 0.437 e. The Morgan fingerprint density at radius 1 is 1.32 bits per heavy atom. The van der Waals surface area contributed by atoms with Gasteiger partial charge in [-0.15, -0.1) is 0 Å². The molecule has 1 heterocycles. The van der Waals surface area contributed by atoms with Crippen LogP contribution >= 0.6 is 15.9 Å². The number of aromatic nitrogens is 1. The highest BCUT2D eigenvalue weighted by molar-refractivity contribution is 9.10. The summed E-state index contributed by atoms with van der Waals surface area (Å²) in [5.74, 6) is 0.488. The van der Waals surface area contributed by atoms with Crippen LogP contribution in [0.5, 0.6) is 11.6 Å². The molecule has 0 fully saturated rings. The number of hydrogen-bond acceptors (Lipinski definition) is 4. The maximum atomic E-state index is 11.4. The number of pyridine rings is 1. The van der Waals surface area contributed by atoms with Gasteiger partial charge in [0.1, 0.15) is 10.6 Å². The fourth-order valence-electron chi connectivity index (χ4n) is 1.50. The molecular formula is C12H11BrN2O3S. The Balaban J connectivity index is 2.44. The zero-order chi connectivity index (χ0) is 14.0. The number of nitrogens with zero attached hydrogens (tertiary/aromatic N) is 1. The van der Waals surface area contributed by atoms with Crippen LogP contribution in [0.25, 0.3) is 0 Å². The zero-order valence-electron chi connectivity index (χ0n) is 10.00. The second-order valence-corrected chi connectivity index (χ2v) is 6.31. The lowest BCUT2D eigenvalue weighted by molar-refractivity contribution is 0.444. The van der Waals surface area contributed by atoms with Gasteiger partial charge in [0, 0.05) is 10.7 Å². The van der Waals surface area contributed by atoms with Crippen LogP contribution in [0, 0.1) is 6.92 Å². The second kappa shape index (κ2) is 5.28. The van der Waals surface area contributed by atoms with E-state index < -0.39 is 10.0 Å². The van der Waals surface area contributed by atoms with E-state index in [1.165, 1.54) is 18.3 Å². The third-order valence-electron chi connectivity index (χ3n) is 2.39. The van der Waals surface area contributed by atoms with Gasteiger partial charge in [-0.05, 0) is 42.8 Å². The van der Waals surface area contributed by atoms with Gasteiger partial charge in [-0.2, -0.15) is 0 Å². The van der Waals surface area contributed by atoms with Crippen LogP contribution in [-0.4, -0.2) is 13.4 Å². The number of sulfonamides is 1. The molecule has 0 saturated carbocycles. The molecule has 1 aromatic carbocycles. The first-order valence-corrected chi connectivity index (χ1v) is 7.63. The Morgan fingerprint density at radius 2 is 2.05 bits per heavy atom. The van der Waals surface area contributed by atoms with E-state index in [1.54, 1.807) is 12.1 Å². The monoisotopic (exact) mass is 342 g/mol. The van der Waals surface area contributed by atoms with Crippen molar-refractivity contribution in [3.8, 4) is 11.6 Å². The molecule has 0 radical (unpaired) electrons. The molecule has 1 aromatic heterocycles. The molecule has 7 heteroatoms. The van der Waals surface area contributed by atoms with Crippen molar-refractivity contribution in [1.29, 1.82) is 0 Å². The van der Waals surface area contributed by atoms with Crippen LogP contribution in [0.4, 0.5) is 0 Å². The molecule has 0 atom stereocenters. The third-order valence-corrected chi connectivity index (χ3v) is 3.80. The van der Waals surface area contributed by atoms with Gasteiger partial charge < -0.3 is 4.74 Å². The van der Waals surface area contributed by atoms with Crippen molar-refractivity contribution in [1.82, 2.24) is 4.98 Å². The Bertz CT molecular complexity index is 717. The Morgan fingerprint density at radius 3 is 2.68 bits per heavy atom. The van der Waals surface area contributed by atoms with Gasteiger partial charge in [-0.25, -0.2) is 18.5 Å². The summed E-state index contributed by atoms with van der Waals surface area (Å²) in [6, 6.07) is 8.21. The fraction of sp³-hybridized carbons (Fsp3) is 0.0833. The molecular weight excluding hydrogens is 332 g/mol. The van der Waals surface area contributed by atoms with Crippen LogP contribution in [0.1, 0.15) is 5.56 Å². The third kappa shape index (κ3) is 3.31. The van der Waals surface area contributed by atoms with Gasteiger partial charge in [0.25, 0.3) is 0 Å². The second-order valence-electron chi connectivity index (χ2n) is 3.86. The maximum absolute atomic E-state index is 11.4. The van der Waals surface area contributed by atoms with E-state index >= 15 is 0 Å². The quantitative estimate of drug-likeness (QED) is 0.929. The van der Waals surface area contributed by atoms with Crippen molar-refractivity contribution in [3.05, 3.63) is 46.6 Å². The minimum Gasteiger partial charge on any atom is -0.437 e. The smallest absolute Gasteiger partial charge is 0.243 e. The summed E-state index contributed by atoms with van der Waals surface area (Å²) >= 11 is 3.34. The number of halogens is 1. The number of hydrogen-bond donors (Lipinski definition) is 1. The lowest BCUT2D eigenvalue weighted by Gasteiger charge is -2.10. The molecule has 100 valence electrons.